The number of hydrogen-bond donors (Lipinski definition) is 0. The van der Waals surface area contributed by atoms with Gasteiger partial charge in [-0.15, -0.1) is 0 Å². The number of rotatable bonds is 3. The van der Waals surface area contributed by atoms with Crippen molar-refractivity contribution in [1.29, 1.82) is 0 Å². The Labute approximate surface area is 355 Å². The van der Waals surface area contributed by atoms with E-state index >= 15 is 0 Å². The van der Waals surface area contributed by atoms with Crippen LogP contribution in [0.25, 0.3) is 11.1 Å². The Bertz CT molecular complexity index is 3130. The van der Waals surface area contributed by atoms with Crippen molar-refractivity contribution < 1.29 is 0 Å². The molecular formula is C60H48. The Hall–Kier alpha value is -6.24. The number of allylic oxidation sites excluding steroid dienone is 42. The molecule has 0 spiro atoms. The molecule has 0 heteroatoms. The van der Waals surface area contributed by atoms with E-state index in [0.29, 0.717) is 17.8 Å². The van der Waals surface area contributed by atoms with Gasteiger partial charge in [0.25, 0.3) is 0 Å². The van der Waals surface area contributed by atoms with Gasteiger partial charge in [0.15, 0.2) is 0 Å². The third-order valence-electron chi connectivity index (χ3n) is 15.3. The van der Waals surface area contributed by atoms with E-state index < -0.39 is 0 Å². The largest absolute Gasteiger partial charge is 0.0691 e. The molecule has 0 radical (unpaired) electrons. The highest BCUT2D eigenvalue weighted by Crippen LogP contribution is 2.57. The number of benzene rings is 1. The van der Waals surface area contributed by atoms with Crippen LogP contribution in [0.3, 0.4) is 0 Å². The molecule has 288 valence electrons. The average Bonchev–Trinajstić information content (AvgIpc) is 3.24. The molecule has 0 N–H and O–H groups in total. The zero-order chi connectivity index (χ0) is 40.3. The van der Waals surface area contributed by atoms with Gasteiger partial charge in [0, 0.05) is 29.6 Å². The highest BCUT2D eigenvalue weighted by atomic mass is 14.4. The van der Waals surface area contributed by atoms with Crippen LogP contribution in [-0.4, -0.2) is 0 Å². The molecule has 5 atom stereocenters. The lowest BCUT2D eigenvalue weighted by Crippen LogP contribution is -2.25. The molecule has 12 aliphatic rings. The molecule has 0 nitrogen and oxygen atoms in total. The van der Waals surface area contributed by atoms with Gasteiger partial charge in [-0.1, -0.05) is 157 Å². The van der Waals surface area contributed by atoms with Crippen LogP contribution >= 0.6 is 0 Å². The topological polar surface area (TPSA) is 0 Å². The predicted octanol–water partition coefficient (Wildman–Crippen LogP) is 14.6. The second-order valence-corrected chi connectivity index (χ2v) is 19.2. The maximum absolute atomic E-state index is 2.57. The summed E-state index contributed by atoms with van der Waals surface area (Å²) >= 11 is 0. The van der Waals surface area contributed by atoms with Crippen molar-refractivity contribution in [2.75, 3.05) is 0 Å². The van der Waals surface area contributed by atoms with Crippen LogP contribution in [0, 0.1) is 23.7 Å². The number of hydrogen-bond acceptors (Lipinski definition) is 0. The molecule has 1 aromatic carbocycles. The Balaban J connectivity index is 1.03. The second kappa shape index (κ2) is 12.2. The molecule has 0 fully saturated rings. The first-order valence-electron chi connectivity index (χ1n) is 22.2. The molecule has 60 heavy (non-hydrogen) atoms. The average molecular weight is 769 g/mol. The molecule has 12 aliphatic carbocycles. The Morgan fingerprint density at radius 1 is 0.483 bits per heavy atom. The summed E-state index contributed by atoms with van der Waals surface area (Å²) in [4.78, 5) is 0. The molecule has 0 saturated carbocycles. The van der Waals surface area contributed by atoms with Crippen molar-refractivity contribution in [2.24, 2.45) is 23.7 Å². The van der Waals surface area contributed by atoms with Crippen LogP contribution in [-0.2, 0) is 0 Å². The molecule has 0 aliphatic heterocycles. The first-order valence-corrected chi connectivity index (χ1v) is 22.2. The Kier molecular flexibility index (Phi) is 7.02. The monoisotopic (exact) mass is 768 g/mol. The molecule has 5 unspecified atom stereocenters. The van der Waals surface area contributed by atoms with Crippen molar-refractivity contribution in [3.05, 3.63) is 268 Å². The minimum absolute atomic E-state index is 0.142. The fourth-order valence-electron chi connectivity index (χ4n) is 12.8. The SMILES string of the molecule is CC1=CC2=CC=C3C(c4cc(C5=C6C=CC7=C8C(=CC=C(C(C)=C5)C68)CC(C)=C7)cc(C5C=C(C)C6=CC=C7C=C(C)C=C8C=CC5=C6C78)c4)=CC(C)C4=C3C2C(=C1)C=C4. The summed E-state index contributed by atoms with van der Waals surface area (Å²) in [6.45, 7) is 13.8. The zero-order valence-corrected chi connectivity index (χ0v) is 35.4. The van der Waals surface area contributed by atoms with Crippen molar-refractivity contribution >= 4 is 11.1 Å². The summed E-state index contributed by atoms with van der Waals surface area (Å²) in [6, 6.07) is 7.68. The van der Waals surface area contributed by atoms with Crippen LogP contribution in [0.1, 0.15) is 70.6 Å². The van der Waals surface area contributed by atoms with Crippen molar-refractivity contribution in [3.63, 3.8) is 0 Å². The smallest absolute Gasteiger partial charge is 0.0357 e. The minimum atomic E-state index is 0.142. The normalized spacial score (nSPS) is 29.5. The van der Waals surface area contributed by atoms with E-state index in [2.05, 4.69) is 181 Å². The summed E-state index contributed by atoms with van der Waals surface area (Å²) in [5.74, 6) is 1.33. The molecule has 1 aromatic rings. The van der Waals surface area contributed by atoms with E-state index in [-0.39, 0.29) is 11.8 Å². The molecule has 0 saturated heterocycles. The third kappa shape index (κ3) is 4.74. The molecule has 0 aromatic heterocycles. The van der Waals surface area contributed by atoms with E-state index in [0.717, 1.165) is 6.42 Å². The van der Waals surface area contributed by atoms with E-state index in [4.69, 9.17) is 0 Å². The molecule has 0 bridgehead atoms. The van der Waals surface area contributed by atoms with Crippen molar-refractivity contribution in [2.45, 2.75) is 53.9 Å². The van der Waals surface area contributed by atoms with Gasteiger partial charge in [0.1, 0.15) is 0 Å². The quantitative estimate of drug-likeness (QED) is 0.287. The van der Waals surface area contributed by atoms with Crippen LogP contribution < -0.4 is 0 Å². The molecule has 13 rings (SSSR count). The van der Waals surface area contributed by atoms with Crippen LogP contribution in [0.4, 0.5) is 0 Å². The highest BCUT2D eigenvalue weighted by molar-refractivity contribution is 5.93. The first-order chi connectivity index (χ1) is 29.2. The maximum atomic E-state index is 2.57. The fourth-order valence-corrected chi connectivity index (χ4v) is 12.8. The van der Waals surface area contributed by atoms with Crippen LogP contribution in [0.15, 0.2) is 251 Å². The minimum Gasteiger partial charge on any atom is -0.0691 e. The van der Waals surface area contributed by atoms with Crippen molar-refractivity contribution in [1.82, 2.24) is 0 Å². The molecular weight excluding hydrogens is 721 g/mol. The van der Waals surface area contributed by atoms with E-state index in [1.54, 1.807) is 0 Å². The zero-order valence-electron chi connectivity index (χ0n) is 35.4. The van der Waals surface area contributed by atoms with Gasteiger partial charge in [0.05, 0.1) is 0 Å². The van der Waals surface area contributed by atoms with Gasteiger partial charge < -0.3 is 0 Å². The third-order valence-corrected chi connectivity index (χ3v) is 15.3. The standard InChI is InChI=1S/C60H48/c1-31-19-37-7-13-46-34(4)25-52(49-16-10-40(22-31)55(37)58(46)49)43-28-44(53-26-35(5)47-14-8-38-20-32(2)23-41-11-17-50(53)59(47)56(38)41)30-45(29-43)54-27-36(6)48-15-9-39-21-33(3)24-42-12-18-51(54)60(48)57(39)42/h7-20,22-30,34,53,55-56,60H,21H2,1-6H3. The summed E-state index contributed by atoms with van der Waals surface area (Å²) in [5, 5.41) is 0. The van der Waals surface area contributed by atoms with E-state index in [1.165, 1.54) is 139 Å². The summed E-state index contributed by atoms with van der Waals surface area (Å²) in [7, 11) is 0. The lowest BCUT2D eigenvalue weighted by molar-refractivity contribution is 0.775. The summed E-state index contributed by atoms with van der Waals surface area (Å²) in [5.41, 5.74) is 35.3. The van der Waals surface area contributed by atoms with Crippen LogP contribution in [0.2, 0.25) is 0 Å². The fraction of sp³-hybridized carbons (Fsp3) is 0.200. The summed E-state index contributed by atoms with van der Waals surface area (Å²) in [6.07, 6.45) is 49.7. The highest BCUT2D eigenvalue weighted by Gasteiger charge is 2.41. The van der Waals surface area contributed by atoms with Gasteiger partial charge in [-0.2, -0.15) is 0 Å². The maximum Gasteiger partial charge on any atom is 0.0357 e. The van der Waals surface area contributed by atoms with Gasteiger partial charge in [-0.25, -0.2) is 0 Å². The lowest BCUT2D eigenvalue weighted by atomic mass is 9.63. The lowest BCUT2D eigenvalue weighted by Gasteiger charge is -2.40. The predicted molar refractivity (Wildman–Crippen MR) is 250 cm³/mol. The second-order valence-electron chi connectivity index (χ2n) is 19.2. The van der Waals surface area contributed by atoms with Gasteiger partial charge >= 0.3 is 0 Å². The van der Waals surface area contributed by atoms with Gasteiger partial charge in [-0.05, 0) is 170 Å². The summed E-state index contributed by atoms with van der Waals surface area (Å²) < 4.78 is 0. The molecule has 0 amide bonds. The van der Waals surface area contributed by atoms with Crippen LogP contribution in [0.5, 0.6) is 0 Å². The van der Waals surface area contributed by atoms with Gasteiger partial charge in [-0.3, -0.25) is 0 Å². The van der Waals surface area contributed by atoms with E-state index in [9.17, 15) is 0 Å². The van der Waals surface area contributed by atoms with Crippen molar-refractivity contribution in [3.8, 4) is 0 Å². The Morgan fingerprint density at radius 2 is 1.17 bits per heavy atom. The Morgan fingerprint density at radius 3 is 1.93 bits per heavy atom. The first kappa shape index (κ1) is 34.6. The molecule has 0 heterocycles. The van der Waals surface area contributed by atoms with E-state index in [1.807, 2.05) is 0 Å². The van der Waals surface area contributed by atoms with Gasteiger partial charge in [0.2, 0.25) is 0 Å².